The lowest BCUT2D eigenvalue weighted by molar-refractivity contribution is -0.132. The molecule has 1 unspecified atom stereocenters. The van der Waals surface area contributed by atoms with Crippen molar-refractivity contribution in [3.8, 4) is 6.07 Å². The monoisotopic (exact) mass is 334 g/mol. The molecule has 0 aliphatic carbocycles. The van der Waals surface area contributed by atoms with Crippen molar-refractivity contribution in [2.45, 2.75) is 12.5 Å². The number of rotatable bonds is 4. The van der Waals surface area contributed by atoms with Gasteiger partial charge in [-0.05, 0) is 36.2 Å². The summed E-state index contributed by atoms with van der Waals surface area (Å²) in [7, 11) is 0. The van der Waals surface area contributed by atoms with E-state index in [9.17, 15) is 4.79 Å². The normalized spacial score (nSPS) is 15.5. The molecule has 0 aromatic heterocycles. The quantitative estimate of drug-likeness (QED) is 0.925. The Bertz CT molecular complexity index is 744. The SMILES string of the molecule is N#Cc1ccc(CC(N)C(=O)N2CCN(c3ccccc3)CC2)cc1. The highest BCUT2D eigenvalue weighted by atomic mass is 16.2. The van der Waals surface area contributed by atoms with Crippen molar-refractivity contribution in [3.05, 3.63) is 65.7 Å². The van der Waals surface area contributed by atoms with Gasteiger partial charge in [0, 0.05) is 31.9 Å². The van der Waals surface area contributed by atoms with Gasteiger partial charge in [-0.25, -0.2) is 0 Å². The van der Waals surface area contributed by atoms with Crippen molar-refractivity contribution in [1.29, 1.82) is 5.26 Å². The summed E-state index contributed by atoms with van der Waals surface area (Å²) < 4.78 is 0. The molecule has 3 rings (SSSR count). The first-order valence-corrected chi connectivity index (χ1v) is 8.51. The molecule has 0 bridgehead atoms. The van der Waals surface area contributed by atoms with Gasteiger partial charge in [0.2, 0.25) is 5.91 Å². The molecule has 1 aliphatic heterocycles. The van der Waals surface area contributed by atoms with E-state index in [-0.39, 0.29) is 5.91 Å². The minimum Gasteiger partial charge on any atom is -0.368 e. The standard InChI is InChI=1S/C20H22N4O/c21-15-17-8-6-16(7-9-17)14-19(22)20(25)24-12-10-23(11-13-24)18-4-2-1-3-5-18/h1-9,19H,10-14,22H2. The van der Waals surface area contributed by atoms with Gasteiger partial charge in [-0.15, -0.1) is 0 Å². The van der Waals surface area contributed by atoms with Crippen LogP contribution >= 0.6 is 0 Å². The Hall–Kier alpha value is -2.84. The van der Waals surface area contributed by atoms with Crippen LogP contribution in [0.3, 0.4) is 0 Å². The molecule has 1 saturated heterocycles. The Labute approximate surface area is 148 Å². The summed E-state index contributed by atoms with van der Waals surface area (Å²) in [6.07, 6.45) is 0.490. The highest BCUT2D eigenvalue weighted by Gasteiger charge is 2.25. The number of hydrogen-bond acceptors (Lipinski definition) is 4. The third-order valence-corrected chi connectivity index (χ3v) is 4.57. The van der Waals surface area contributed by atoms with Crippen molar-refractivity contribution in [3.63, 3.8) is 0 Å². The predicted molar refractivity (Wildman–Crippen MR) is 98.1 cm³/mol. The van der Waals surface area contributed by atoms with Crippen LogP contribution in [0.2, 0.25) is 0 Å². The maximum absolute atomic E-state index is 12.6. The first-order valence-electron chi connectivity index (χ1n) is 8.51. The Balaban J connectivity index is 1.54. The first kappa shape index (κ1) is 17.0. The average Bonchev–Trinajstić information content (AvgIpc) is 2.69. The van der Waals surface area contributed by atoms with Crippen LogP contribution < -0.4 is 10.6 Å². The van der Waals surface area contributed by atoms with Gasteiger partial charge in [-0.3, -0.25) is 4.79 Å². The molecule has 5 nitrogen and oxygen atoms in total. The molecule has 2 aromatic carbocycles. The van der Waals surface area contributed by atoms with E-state index in [2.05, 4.69) is 23.1 Å². The number of carbonyl (C=O) groups is 1. The second-order valence-corrected chi connectivity index (χ2v) is 6.27. The topological polar surface area (TPSA) is 73.4 Å². The zero-order chi connectivity index (χ0) is 17.6. The summed E-state index contributed by atoms with van der Waals surface area (Å²) in [6, 6.07) is 19.0. The maximum Gasteiger partial charge on any atom is 0.239 e. The van der Waals surface area contributed by atoms with Gasteiger partial charge in [0.15, 0.2) is 0 Å². The summed E-state index contributed by atoms with van der Waals surface area (Å²) in [6.45, 7) is 3.02. The molecule has 128 valence electrons. The van der Waals surface area contributed by atoms with E-state index in [4.69, 9.17) is 11.0 Å². The lowest BCUT2D eigenvalue weighted by atomic mass is 10.0. The molecule has 5 heteroatoms. The third kappa shape index (κ3) is 4.17. The highest BCUT2D eigenvalue weighted by molar-refractivity contribution is 5.82. The van der Waals surface area contributed by atoms with Crippen LogP contribution in [0.5, 0.6) is 0 Å². The van der Waals surface area contributed by atoms with Crippen molar-refractivity contribution in [2.24, 2.45) is 5.73 Å². The van der Waals surface area contributed by atoms with E-state index in [0.717, 1.165) is 18.7 Å². The van der Waals surface area contributed by atoms with Gasteiger partial charge >= 0.3 is 0 Å². The van der Waals surface area contributed by atoms with Gasteiger partial charge in [0.1, 0.15) is 0 Å². The van der Waals surface area contributed by atoms with Crippen molar-refractivity contribution >= 4 is 11.6 Å². The van der Waals surface area contributed by atoms with Gasteiger partial charge in [0.25, 0.3) is 0 Å². The second-order valence-electron chi connectivity index (χ2n) is 6.27. The molecule has 1 fully saturated rings. The summed E-state index contributed by atoms with van der Waals surface area (Å²) >= 11 is 0. The number of nitrogens with zero attached hydrogens (tertiary/aromatic N) is 3. The maximum atomic E-state index is 12.6. The minimum absolute atomic E-state index is 0.00271. The van der Waals surface area contributed by atoms with E-state index in [0.29, 0.717) is 25.1 Å². The molecular weight excluding hydrogens is 312 g/mol. The van der Waals surface area contributed by atoms with Crippen LogP contribution in [-0.4, -0.2) is 43.0 Å². The van der Waals surface area contributed by atoms with Gasteiger partial charge in [-0.1, -0.05) is 30.3 Å². The molecule has 0 saturated carbocycles. The summed E-state index contributed by atoms with van der Waals surface area (Å²) in [5.41, 5.74) is 8.90. The lowest BCUT2D eigenvalue weighted by Gasteiger charge is -2.37. The van der Waals surface area contributed by atoms with Crippen molar-refractivity contribution < 1.29 is 4.79 Å². The molecular formula is C20H22N4O. The largest absolute Gasteiger partial charge is 0.368 e. The van der Waals surface area contributed by atoms with E-state index in [1.165, 1.54) is 5.69 Å². The van der Waals surface area contributed by atoms with Crippen LogP contribution in [0.1, 0.15) is 11.1 Å². The van der Waals surface area contributed by atoms with Crippen LogP contribution in [0.15, 0.2) is 54.6 Å². The number of carbonyl (C=O) groups excluding carboxylic acids is 1. The zero-order valence-corrected chi connectivity index (χ0v) is 14.1. The molecule has 1 heterocycles. The van der Waals surface area contributed by atoms with Crippen molar-refractivity contribution in [1.82, 2.24) is 4.90 Å². The van der Waals surface area contributed by atoms with E-state index >= 15 is 0 Å². The fraction of sp³-hybridized carbons (Fsp3) is 0.300. The number of hydrogen-bond donors (Lipinski definition) is 1. The smallest absolute Gasteiger partial charge is 0.239 e. The molecule has 2 aromatic rings. The van der Waals surface area contributed by atoms with Crippen LogP contribution in [0, 0.1) is 11.3 Å². The van der Waals surface area contributed by atoms with Crippen LogP contribution in [-0.2, 0) is 11.2 Å². The Morgan fingerprint density at radius 3 is 2.28 bits per heavy atom. The number of nitriles is 1. The molecule has 0 spiro atoms. The molecule has 25 heavy (non-hydrogen) atoms. The highest BCUT2D eigenvalue weighted by Crippen LogP contribution is 2.16. The van der Waals surface area contributed by atoms with E-state index in [1.54, 1.807) is 12.1 Å². The zero-order valence-electron chi connectivity index (χ0n) is 14.1. The average molecular weight is 334 g/mol. The summed E-state index contributed by atoms with van der Waals surface area (Å²) in [4.78, 5) is 16.7. The van der Waals surface area contributed by atoms with E-state index < -0.39 is 6.04 Å². The number of piperazine rings is 1. The van der Waals surface area contributed by atoms with Crippen LogP contribution in [0.4, 0.5) is 5.69 Å². The fourth-order valence-corrected chi connectivity index (χ4v) is 3.11. The first-order chi connectivity index (χ1) is 12.2. The van der Waals surface area contributed by atoms with Crippen molar-refractivity contribution in [2.75, 3.05) is 31.1 Å². The fourth-order valence-electron chi connectivity index (χ4n) is 3.11. The number of benzene rings is 2. The number of para-hydroxylation sites is 1. The number of amides is 1. The Kier molecular flexibility index (Phi) is 5.32. The minimum atomic E-state index is -0.545. The molecule has 1 aliphatic rings. The number of anilines is 1. The number of nitrogens with two attached hydrogens (primary N) is 1. The van der Waals surface area contributed by atoms with Gasteiger partial charge in [0.05, 0.1) is 17.7 Å². The Morgan fingerprint density at radius 1 is 1.04 bits per heavy atom. The van der Waals surface area contributed by atoms with Gasteiger partial charge in [-0.2, -0.15) is 5.26 Å². The molecule has 0 radical (unpaired) electrons. The Morgan fingerprint density at radius 2 is 1.68 bits per heavy atom. The van der Waals surface area contributed by atoms with Crippen LogP contribution in [0.25, 0.3) is 0 Å². The third-order valence-electron chi connectivity index (χ3n) is 4.57. The van der Waals surface area contributed by atoms with Gasteiger partial charge < -0.3 is 15.5 Å². The second kappa shape index (κ2) is 7.82. The molecule has 1 amide bonds. The predicted octanol–water partition coefficient (Wildman–Crippen LogP) is 1.78. The molecule has 1 atom stereocenters. The lowest BCUT2D eigenvalue weighted by Crippen LogP contribution is -2.53. The summed E-state index contributed by atoms with van der Waals surface area (Å²) in [5, 5.41) is 8.83. The summed E-state index contributed by atoms with van der Waals surface area (Å²) in [5.74, 6) is -0.00271. The van der Waals surface area contributed by atoms with E-state index in [1.807, 2.05) is 35.2 Å². The molecule has 2 N–H and O–H groups in total.